The summed E-state index contributed by atoms with van der Waals surface area (Å²) in [4.78, 5) is 34.3. The minimum atomic E-state index is -0.188. The van der Waals surface area contributed by atoms with Gasteiger partial charge in [-0.2, -0.15) is 0 Å². The Kier molecular flexibility index (Phi) is 5.08. The van der Waals surface area contributed by atoms with Gasteiger partial charge in [0.1, 0.15) is 12.4 Å². The second-order valence-electron chi connectivity index (χ2n) is 7.54. The van der Waals surface area contributed by atoms with Gasteiger partial charge >= 0.3 is 0 Å². The number of aryl methyl sites for hydroxylation is 1. The van der Waals surface area contributed by atoms with Gasteiger partial charge < -0.3 is 4.90 Å². The smallest absolute Gasteiger partial charge is 0.261 e. The van der Waals surface area contributed by atoms with Crippen molar-refractivity contribution < 1.29 is 4.79 Å². The Morgan fingerprint density at radius 1 is 1.00 bits per heavy atom. The number of hydrogen-bond acceptors (Lipinski definition) is 4. The van der Waals surface area contributed by atoms with Crippen LogP contribution in [0.2, 0.25) is 0 Å². The lowest BCUT2D eigenvalue weighted by molar-refractivity contribution is -0.119. The van der Waals surface area contributed by atoms with Crippen LogP contribution in [0.15, 0.2) is 88.6 Å². The highest BCUT2D eigenvalue weighted by atomic mass is 32.2. The average molecular weight is 428 g/mol. The third kappa shape index (κ3) is 3.53. The van der Waals surface area contributed by atoms with E-state index in [9.17, 15) is 9.59 Å². The van der Waals surface area contributed by atoms with Crippen LogP contribution in [0.25, 0.3) is 10.9 Å². The first kappa shape index (κ1) is 19.6. The first-order valence-electron chi connectivity index (χ1n) is 10.2. The molecule has 1 atom stereocenters. The zero-order valence-corrected chi connectivity index (χ0v) is 17.9. The molecule has 0 spiro atoms. The van der Waals surface area contributed by atoms with E-state index in [1.165, 1.54) is 4.57 Å². The number of carbonyl (C=O) groups excluding carboxylic acids is 1. The molecule has 0 unspecified atom stereocenters. The highest BCUT2D eigenvalue weighted by molar-refractivity contribution is 7.99. The average Bonchev–Trinajstić information content (AvgIpc) is 2.81. The predicted molar refractivity (Wildman–Crippen MR) is 125 cm³/mol. The molecule has 1 aliphatic heterocycles. The molecule has 0 aliphatic carbocycles. The molecule has 0 saturated carbocycles. The van der Waals surface area contributed by atoms with E-state index >= 15 is 0 Å². The Labute approximate surface area is 184 Å². The number of thioether (sulfide) groups is 1. The van der Waals surface area contributed by atoms with E-state index in [4.69, 9.17) is 0 Å². The lowest BCUT2D eigenvalue weighted by Gasteiger charge is -2.37. The number of hydrogen-bond donors (Lipinski definition) is 0. The van der Waals surface area contributed by atoms with E-state index in [0.29, 0.717) is 16.7 Å². The molecule has 1 amide bonds. The lowest BCUT2D eigenvalue weighted by Crippen LogP contribution is -2.42. The summed E-state index contributed by atoms with van der Waals surface area (Å²) in [6.45, 7) is 1.72. The summed E-state index contributed by atoms with van der Waals surface area (Å²) in [6.07, 6.45) is 0. The van der Waals surface area contributed by atoms with Gasteiger partial charge in [0.25, 0.3) is 5.56 Å². The molecule has 5 nitrogen and oxygen atoms in total. The van der Waals surface area contributed by atoms with Gasteiger partial charge in [0, 0.05) is 10.6 Å². The molecule has 154 valence electrons. The van der Waals surface area contributed by atoms with Crippen LogP contribution in [0.5, 0.6) is 0 Å². The second kappa shape index (κ2) is 8.04. The third-order valence-corrected chi connectivity index (χ3v) is 6.77. The van der Waals surface area contributed by atoms with Crippen molar-refractivity contribution >= 4 is 34.3 Å². The summed E-state index contributed by atoms with van der Waals surface area (Å²) in [5.41, 5.74) is 2.43. The topological polar surface area (TPSA) is 55.2 Å². The highest BCUT2D eigenvalue weighted by Crippen LogP contribution is 2.43. The number of fused-ring (bicyclic) bond motifs is 2. The summed E-state index contributed by atoms with van der Waals surface area (Å²) in [7, 11) is 0. The van der Waals surface area contributed by atoms with Gasteiger partial charge in [0.15, 0.2) is 0 Å². The van der Waals surface area contributed by atoms with Gasteiger partial charge in [0.05, 0.1) is 22.6 Å². The first-order valence-corrected chi connectivity index (χ1v) is 11.2. The Morgan fingerprint density at radius 3 is 2.55 bits per heavy atom. The molecule has 0 N–H and O–H groups in total. The van der Waals surface area contributed by atoms with E-state index in [0.717, 1.165) is 21.9 Å². The third-order valence-electron chi connectivity index (χ3n) is 5.63. The number of rotatable bonds is 3. The van der Waals surface area contributed by atoms with Crippen molar-refractivity contribution in [1.29, 1.82) is 0 Å². The minimum Gasteiger partial charge on any atom is -0.301 e. The summed E-state index contributed by atoms with van der Waals surface area (Å²) in [5.74, 6) is 1.17. The molecule has 5 rings (SSSR count). The highest BCUT2D eigenvalue weighted by Gasteiger charge is 2.32. The fourth-order valence-corrected chi connectivity index (χ4v) is 5.26. The maximum atomic E-state index is 13.7. The van der Waals surface area contributed by atoms with Crippen molar-refractivity contribution in [2.24, 2.45) is 0 Å². The molecule has 0 radical (unpaired) electrons. The summed E-state index contributed by atoms with van der Waals surface area (Å²) in [5, 5.41) is 0.523. The zero-order chi connectivity index (χ0) is 21.4. The molecule has 0 fully saturated rings. The van der Waals surface area contributed by atoms with Crippen molar-refractivity contribution in [3.8, 4) is 0 Å². The summed E-state index contributed by atoms with van der Waals surface area (Å²) < 4.78 is 1.48. The van der Waals surface area contributed by atoms with Crippen molar-refractivity contribution in [1.82, 2.24) is 9.55 Å². The van der Waals surface area contributed by atoms with Crippen LogP contribution in [0.4, 0.5) is 5.69 Å². The van der Waals surface area contributed by atoms with Crippen LogP contribution in [0.3, 0.4) is 0 Å². The van der Waals surface area contributed by atoms with E-state index in [1.807, 2.05) is 65.6 Å². The van der Waals surface area contributed by atoms with E-state index in [-0.39, 0.29) is 24.1 Å². The van der Waals surface area contributed by atoms with Crippen molar-refractivity contribution in [2.45, 2.75) is 24.4 Å². The Morgan fingerprint density at radius 2 is 1.71 bits per heavy atom. The van der Waals surface area contributed by atoms with Crippen molar-refractivity contribution in [3.63, 3.8) is 0 Å². The van der Waals surface area contributed by atoms with Crippen molar-refractivity contribution in [2.75, 3.05) is 10.7 Å². The maximum Gasteiger partial charge on any atom is 0.261 e. The van der Waals surface area contributed by atoms with E-state index in [2.05, 4.69) is 17.1 Å². The van der Waals surface area contributed by atoms with Crippen LogP contribution >= 0.6 is 11.8 Å². The monoisotopic (exact) mass is 427 g/mol. The Balaban J connectivity index is 1.58. The number of para-hydroxylation sites is 2. The number of anilines is 1. The van der Waals surface area contributed by atoms with Crippen LogP contribution in [0, 0.1) is 6.92 Å². The quantitative estimate of drug-likeness (QED) is 0.480. The minimum absolute atomic E-state index is 0.0508. The zero-order valence-electron chi connectivity index (χ0n) is 17.1. The number of amides is 1. The SMILES string of the molecule is Cc1nc2ccccc2c(=O)n1CC(=O)N1c2ccccc2SC[C@@H]1c1ccccc1. The Bertz CT molecular complexity index is 1330. The normalized spacial score (nSPS) is 15.6. The summed E-state index contributed by atoms with van der Waals surface area (Å²) >= 11 is 1.75. The molecule has 1 aromatic heterocycles. The van der Waals surface area contributed by atoms with Gasteiger partial charge in [-0.3, -0.25) is 14.2 Å². The molecule has 3 aromatic carbocycles. The van der Waals surface area contributed by atoms with Crippen molar-refractivity contribution in [3.05, 3.63) is 101 Å². The standard InChI is InChI=1S/C25H21N3O2S/c1-17-26-20-12-6-5-11-19(20)25(30)27(17)15-24(29)28-21-13-7-8-14-23(21)31-16-22(28)18-9-3-2-4-10-18/h2-14,22H,15-16H2,1H3/t22-/m1/s1. The molecule has 6 heteroatoms. The first-order chi connectivity index (χ1) is 15.1. The second-order valence-corrected chi connectivity index (χ2v) is 8.60. The fourth-order valence-electron chi connectivity index (χ4n) is 4.09. The maximum absolute atomic E-state index is 13.7. The van der Waals surface area contributed by atoms with Crippen LogP contribution in [-0.4, -0.2) is 21.2 Å². The van der Waals surface area contributed by atoms with Gasteiger partial charge in [-0.1, -0.05) is 54.6 Å². The van der Waals surface area contributed by atoms with Crippen LogP contribution in [0.1, 0.15) is 17.4 Å². The fraction of sp³-hybridized carbons (Fsp3) is 0.160. The molecule has 4 aromatic rings. The number of aromatic nitrogens is 2. The molecular formula is C25H21N3O2S. The summed E-state index contributed by atoms with van der Waals surface area (Å²) in [6, 6.07) is 25.2. The van der Waals surface area contributed by atoms with Gasteiger partial charge in [-0.25, -0.2) is 4.98 Å². The molecule has 31 heavy (non-hydrogen) atoms. The molecular weight excluding hydrogens is 406 g/mol. The van der Waals surface area contributed by atoms with Crippen LogP contribution in [-0.2, 0) is 11.3 Å². The molecule has 2 heterocycles. The molecule has 0 saturated heterocycles. The number of nitrogens with zero attached hydrogens (tertiary/aromatic N) is 3. The van der Waals surface area contributed by atoms with Crippen LogP contribution < -0.4 is 10.5 Å². The van der Waals surface area contributed by atoms with Gasteiger partial charge in [-0.15, -0.1) is 11.8 Å². The largest absolute Gasteiger partial charge is 0.301 e. The van der Waals surface area contributed by atoms with E-state index < -0.39 is 0 Å². The molecule has 0 bridgehead atoms. The predicted octanol–water partition coefficient (Wildman–Crippen LogP) is 4.59. The van der Waals surface area contributed by atoms with Gasteiger partial charge in [-0.05, 0) is 36.8 Å². The number of benzene rings is 3. The Hall–Kier alpha value is -3.38. The van der Waals surface area contributed by atoms with Gasteiger partial charge in [0.2, 0.25) is 5.91 Å². The molecule has 1 aliphatic rings. The van der Waals surface area contributed by atoms with E-state index in [1.54, 1.807) is 24.8 Å². The lowest BCUT2D eigenvalue weighted by atomic mass is 10.1. The number of carbonyl (C=O) groups is 1.